The van der Waals surface area contributed by atoms with Crippen LogP contribution in [0.3, 0.4) is 0 Å². The number of carbonyl (C=O) groups excluding carboxylic acids is 1. The molecule has 24 heavy (non-hydrogen) atoms. The molecule has 1 saturated carbocycles. The smallest absolute Gasteiger partial charge is 0.334 e. The number of esters is 1. The summed E-state index contributed by atoms with van der Waals surface area (Å²) in [5, 5.41) is 9.93. The summed E-state index contributed by atoms with van der Waals surface area (Å²) in [6.45, 7) is 6.10. The van der Waals surface area contributed by atoms with Gasteiger partial charge in [0.15, 0.2) is 0 Å². The van der Waals surface area contributed by atoms with Crippen molar-refractivity contribution in [3.05, 3.63) is 23.3 Å². The van der Waals surface area contributed by atoms with Crippen LogP contribution in [-0.2, 0) is 14.3 Å². The fourth-order valence-corrected chi connectivity index (χ4v) is 5.79. The van der Waals surface area contributed by atoms with E-state index in [1.54, 1.807) is 0 Å². The van der Waals surface area contributed by atoms with Crippen molar-refractivity contribution in [2.75, 3.05) is 19.8 Å². The van der Waals surface area contributed by atoms with E-state index in [0.29, 0.717) is 18.4 Å². The Kier molecular flexibility index (Phi) is 3.88. The minimum atomic E-state index is -0.138. The van der Waals surface area contributed by atoms with E-state index >= 15 is 0 Å². The lowest BCUT2D eigenvalue weighted by molar-refractivity contribution is -0.164. The van der Waals surface area contributed by atoms with Crippen LogP contribution in [0, 0.1) is 22.7 Å². The van der Waals surface area contributed by atoms with Gasteiger partial charge in [0, 0.05) is 11.0 Å². The number of ether oxygens (including phenoxy) is 2. The summed E-state index contributed by atoms with van der Waals surface area (Å²) in [5.41, 5.74) is 2.22. The Morgan fingerprint density at radius 3 is 2.96 bits per heavy atom. The average Bonchev–Trinajstić information content (AvgIpc) is 3.02. The summed E-state index contributed by atoms with van der Waals surface area (Å²) in [4.78, 5) is 11.8. The molecule has 5 atom stereocenters. The molecule has 0 aromatic rings. The van der Waals surface area contributed by atoms with Gasteiger partial charge in [0.2, 0.25) is 0 Å². The zero-order chi connectivity index (χ0) is 16.9. The molecule has 132 valence electrons. The van der Waals surface area contributed by atoms with E-state index in [9.17, 15) is 9.90 Å². The number of cyclic esters (lactones) is 1. The number of aliphatic hydroxyl groups is 1. The van der Waals surface area contributed by atoms with Gasteiger partial charge in [0.25, 0.3) is 0 Å². The molecule has 4 nitrogen and oxygen atoms in total. The highest BCUT2D eigenvalue weighted by atomic mass is 16.5. The van der Waals surface area contributed by atoms with E-state index in [1.165, 1.54) is 5.57 Å². The van der Waals surface area contributed by atoms with Crippen LogP contribution >= 0.6 is 0 Å². The molecule has 2 fully saturated rings. The second-order valence-corrected chi connectivity index (χ2v) is 8.42. The highest BCUT2D eigenvalue weighted by molar-refractivity contribution is 5.90. The Morgan fingerprint density at radius 1 is 1.42 bits per heavy atom. The Balaban J connectivity index is 1.62. The first kappa shape index (κ1) is 16.3. The van der Waals surface area contributed by atoms with Crippen LogP contribution in [-0.4, -0.2) is 37.0 Å². The SMILES string of the molecule is C[C@@H]1CC[C@@]23CO[C@@H](C=C2CO)C[C@@H]3[C@@]1(C)CCC1=CCOC1=O. The molecule has 2 bridgehead atoms. The first-order valence-corrected chi connectivity index (χ1v) is 9.29. The standard InChI is InChI=1S/C20H28O4/c1-13-3-7-20-12-24-16(9-15(20)11-21)10-17(20)19(13,2)6-4-14-5-8-23-18(14)22/h5,9,13,16-17,21H,3-4,6-8,10-12H2,1-2H3/t13-,16+,17-,19+,20-/m1/s1. The lowest BCUT2D eigenvalue weighted by atomic mass is 9.45. The van der Waals surface area contributed by atoms with Crippen LogP contribution in [0.15, 0.2) is 23.3 Å². The van der Waals surface area contributed by atoms with Gasteiger partial charge in [-0.3, -0.25) is 0 Å². The third-order valence-electron chi connectivity index (χ3n) is 7.57. The van der Waals surface area contributed by atoms with E-state index in [-0.39, 0.29) is 29.5 Å². The van der Waals surface area contributed by atoms with Gasteiger partial charge >= 0.3 is 5.97 Å². The number of hydrogen-bond acceptors (Lipinski definition) is 4. The van der Waals surface area contributed by atoms with Crippen molar-refractivity contribution in [2.45, 2.75) is 52.1 Å². The fourth-order valence-electron chi connectivity index (χ4n) is 5.79. The first-order chi connectivity index (χ1) is 11.5. The van der Waals surface area contributed by atoms with Crippen LogP contribution in [0.1, 0.15) is 46.0 Å². The minimum Gasteiger partial charge on any atom is -0.458 e. The highest BCUT2D eigenvalue weighted by Gasteiger charge is 2.59. The summed E-state index contributed by atoms with van der Waals surface area (Å²) in [6, 6.07) is 0. The largest absolute Gasteiger partial charge is 0.458 e. The molecular formula is C20H28O4. The molecule has 3 aliphatic heterocycles. The van der Waals surface area contributed by atoms with Crippen molar-refractivity contribution >= 4 is 5.97 Å². The third-order valence-corrected chi connectivity index (χ3v) is 7.57. The normalized spacial score (nSPS) is 44.0. The van der Waals surface area contributed by atoms with Gasteiger partial charge in [-0.05, 0) is 61.0 Å². The van der Waals surface area contributed by atoms with Crippen molar-refractivity contribution in [3.63, 3.8) is 0 Å². The maximum absolute atomic E-state index is 11.8. The zero-order valence-corrected chi connectivity index (χ0v) is 14.7. The second kappa shape index (κ2) is 5.70. The van der Waals surface area contributed by atoms with Gasteiger partial charge in [-0.25, -0.2) is 4.79 Å². The van der Waals surface area contributed by atoms with Crippen LogP contribution < -0.4 is 0 Å². The molecule has 1 spiro atoms. The summed E-state index contributed by atoms with van der Waals surface area (Å²) in [5.74, 6) is 1.00. The van der Waals surface area contributed by atoms with Crippen LogP contribution in [0.5, 0.6) is 0 Å². The molecule has 2 aliphatic carbocycles. The monoisotopic (exact) mass is 332 g/mol. The molecular weight excluding hydrogens is 304 g/mol. The van der Waals surface area contributed by atoms with Gasteiger partial charge in [-0.2, -0.15) is 0 Å². The van der Waals surface area contributed by atoms with E-state index in [0.717, 1.165) is 44.3 Å². The molecule has 5 aliphatic rings. The zero-order valence-electron chi connectivity index (χ0n) is 14.7. The quantitative estimate of drug-likeness (QED) is 0.635. The predicted octanol–water partition coefficient (Wildman–Crippen LogP) is 3.01. The topological polar surface area (TPSA) is 55.8 Å². The van der Waals surface area contributed by atoms with Gasteiger partial charge in [0.05, 0.1) is 19.3 Å². The molecule has 0 unspecified atom stereocenters. The van der Waals surface area contributed by atoms with Crippen LogP contribution in [0.4, 0.5) is 0 Å². The maximum atomic E-state index is 11.8. The number of fused-ring (bicyclic) bond motifs is 1. The molecule has 0 aromatic carbocycles. The van der Waals surface area contributed by atoms with Gasteiger partial charge in [0.1, 0.15) is 6.61 Å². The van der Waals surface area contributed by atoms with Crippen molar-refractivity contribution in [1.82, 2.24) is 0 Å². The summed E-state index contributed by atoms with van der Waals surface area (Å²) in [6.07, 6.45) is 9.38. The highest BCUT2D eigenvalue weighted by Crippen LogP contribution is 2.64. The number of aliphatic hydroxyl groups excluding tert-OH is 1. The predicted molar refractivity (Wildman–Crippen MR) is 90.2 cm³/mol. The van der Waals surface area contributed by atoms with E-state index in [4.69, 9.17) is 9.47 Å². The molecule has 1 N–H and O–H groups in total. The minimum absolute atomic E-state index is 0.00925. The lowest BCUT2D eigenvalue weighted by Gasteiger charge is -2.62. The molecule has 3 heterocycles. The Hall–Kier alpha value is -1.13. The Morgan fingerprint density at radius 2 is 2.25 bits per heavy atom. The molecule has 0 aromatic heterocycles. The molecule has 0 amide bonds. The van der Waals surface area contributed by atoms with Crippen molar-refractivity contribution in [3.8, 4) is 0 Å². The number of carbonyl (C=O) groups is 1. The average molecular weight is 332 g/mol. The van der Waals surface area contributed by atoms with Crippen LogP contribution in [0.2, 0.25) is 0 Å². The number of rotatable bonds is 4. The van der Waals surface area contributed by atoms with Gasteiger partial charge in [-0.15, -0.1) is 0 Å². The Labute approximate surface area is 143 Å². The van der Waals surface area contributed by atoms with Crippen LogP contribution in [0.25, 0.3) is 0 Å². The molecule has 0 radical (unpaired) electrons. The van der Waals surface area contributed by atoms with Crippen molar-refractivity contribution in [1.29, 1.82) is 0 Å². The maximum Gasteiger partial charge on any atom is 0.334 e. The van der Waals surface area contributed by atoms with Gasteiger partial charge in [-0.1, -0.05) is 19.9 Å². The molecule has 5 rings (SSSR count). The lowest BCUT2D eigenvalue weighted by Crippen LogP contribution is -2.59. The summed E-state index contributed by atoms with van der Waals surface area (Å²) in [7, 11) is 0. The van der Waals surface area contributed by atoms with Crippen molar-refractivity contribution < 1.29 is 19.4 Å². The Bertz CT molecular complexity index is 607. The van der Waals surface area contributed by atoms with E-state index in [1.807, 2.05) is 6.08 Å². The number of hydrogen-bond donors (Lipinski definition) is 1. The first-order valence-electron chi connectivity index (χ1n) is 9.29. The molecule has 4 heteroatoms. The van der Waals surface area contributed by atoms with Gasteiger partial charge < -0.3 is 14.6 Å². The molecule has 1 saturated heterocycles. The second-order valence-electron chi connectivity index (χ2n) is 8.42. The summed E-state index contributed by atoms with van der Waals surface area (Å²) < 4.78 is 11.1. The fraction of sp³-hybridized carbons (Fsp3) is 0.750. The summed E-state index contributed by atoms with van der Waals surface area (Å²) >= 11 is 0. The van der Waals surface area contributed by atoms with Crippen molar-refractivity contribution in [2.24, 2.45) is 22.7 Å². The van der Waals surface area contributed by atoms with E-state index < -0.39 is 0 Å². The van der Waals surface area contributed by atoms with E-state index in [2.05, 4.69) is 19.9 Å². The third kappa shape index (κ3) is 2.22.